The van der Waals surface area contributed by atoms with Crippen LogP contribution in [0.5, 0.6) is 0 Å². The van der Waals surface area contributed by atoms with E-state index in [-0.39, 0.29) is 17.5 Å². The molecule has 24 heavy (non-hydrogen) atoms. The summed E-state index contributed by atoms with van der Waals surface area (Å²) < 4.78 is 0. The minimum absolute atomic E-state index is 0.00911. The molecule has 2 atom stereocenters. The number of carbonyl (C=O) groups is 1. The van der Waals surface area contributed by atoms with Crippen molar-refractivity contribution in [3.63, 3.8) is 0 Å². The maximum atomic E-state index is 12.4. The SMILES string of the molecule is O=C(/C=C/c1cccc([N+](=O)[O-])c1)N1CCC2(O)CCCCC2C1. The van der Waals surface area contributed by atoms with Crippen LogP contribution in [-0.2, 0) is 4.79 Å². The number of benzene rings is 1. The number of piperidine rings is 1. The molecule has 1 amide bonds. The topological polar surface area (TPSA) is 83.7 Å². The Morgan fingerprint density at radius 3 is 3.00 bits per heavy atom. The summed E-state index contributed by atoms with van der Waals surface area (Å²) in [5.41, 5.74) is 0.0391. The summed E-state index contributed by atoms with van der Waals surface area (Å²) >= 11 is 0. The highest BCUT2D eigenvalue weighted by molar-refractivity contribution is 5.92. The predicted molar refractivity (Wildman–Crippen MR) is 90.2 cm³/mol. The number of likely N-dealkylation sites (tertiary alicyclic amines) is 1. The van der Waals surface area contributed by atoms with Crippen LogP contribution >= 0.6 is 0 Å². The first-order chi connectivity index (χ1) is 11.5. The molecule has 1 aliphatic carbocycles. The summed E-state index contributed by atoms with van der Waals surface area (Å²) in [6, 6.07) is 6.20. The standard InChI is InChI=1S/C18H22N2O4/c21-17(8-7-14-4-3-6-16(12-14)20(23)24)19-11-10-18(22)9-2-1-5-15(18)13-19/h3-4,6-8,12,15,22H,1-2,5,9-11,13H2/b8-7+. The maximum absolute atomic E-state index is 12.4. The van der Waals surface area contributed by atoms with E-state index in [0.717, 1.165) is 25.7 Å². The first-order valence-corrected chi connectivity index (χ1v) is 8.42. The van der Waals surface area contributed by atoms with Crippen molar-refractivity contribution in [2.45, 2.75) is 37.7 Å². The second-order valence-electron chi connectivity index (χ2n) is 6.77. The molecule has 2 unspecified atom stereocenters. The first-order valence-electron chi connectivity index (χ1n) is 8.42. The number of nitrogens with zero attached hydrogens (tertiary/aromatic N) is 2. The summed E-state index contributed by atoms with van der Waals surface area (Å²) in [7, 11) is 0. The van der Waals surface area contributed by atoms with E-state index >= 15 is 0 Å². The van der Waals surface area contributed by atoms with Gasteiger partial charge in [-0.15, -0.1) is 0 Å². The van der Waals surface area contributed by atoms with Crippen LogP contribution in [0.1, 0.15) is 37.7 Å². The molecule has 1 aromatic carbocycles. The van der Waals surface area contributed by atoms with Gasteiger partial charge in [-0.2, -0.15) is 0 Å². The molecule has 0 aromatic heterocycles. The van der Waals surface area contributed by atoms with Crippen molar-refractivity contribution in [3.8, 4) is 0 Å². The summed E-state index contributed by atoms with van der Waals surface area (Å²) in [4.78, 5) is 24.5. The number of rotatable bonds is 3. The quantitative estimate of drug-likeness (QED) is 0.525. The minimum atomic E-state index is -0.598. The number of amides is 1. The molecule has 1 saturated heterocycles. The second-order valence-corrected chi connectivity index (χ2v) is 6.77. The number of aliphatic hydroxyl groups is 1. The van der Waals surface area contributed by atoms with Crippen LogP contribution in [0.15, 0.2) is 30.3 Å². The average Bonchev–Trinajstić information content (AvgIpc) is 2.59. The maximum Gasteiger partial charge on any atom is 0.270 e. The van der Waals surface area contributed by atoms with Gasteiger partial charge in [-0.1, -0.05) is 25.0 Å². The molecular weight excluding hydrogens is 308 g/mol. The zero-order chi connectivity index (χ0) is 17.2. The molecule has 2 fully saturated rings. The van der Waals surface area contributed by atoms with Gasteiger partial charge in [-0.05, 0) is 30.9 Å². The van der Waals surface area contributed by atoms with Crippen molar-refractivity contribution in [2.24, 2.45) is 5.92 Å². The second kappa shape index (κ2) is 6.73. The number of hydrogen-bond donors (Lipinski definition) is 1. The van der Waals surface area contributed by atoms with Crippen LogP contribution in [0.25, 0.3) is 6.08 Å². The van der Waals surface area contributed by atoms with Crippen molar-refractivity contribution in [1.82, 2.24) is 4.90 Å². The molecule has 1 aromatic rings. The highest BCUT2D eigenvalue weighted by Gasteiger charge is 2.43. The molecule has 1 aliphatic heterocycles. The molecular formula is C18H22N2O4. The number of nitro groups is 1. The lowest BCUT2D eigenvalue weighted by Gasteiger charge is -2.47. The fourth-order valence-corrected chi connectivity index (χ4v) is 3.79. The number of non-ortho nitro benzene ring substituents is 1. The van der Waals surface area contributed by atoms with Gasteiger partial charge in [0.05, 0.1) is 10.5 Å². The average molecular weight is 330 g/mol. The van der Waals surface area contributed by atoms with Crippen LogP contribution in [0.2, 0.25) is 0 Å². The molecule has 0 radical (unpaired) electrons. The van der Waals surface area contributed by atoms with E-state index in [0.29, 0.717) is 25.1 Å². The molecule has 6 nitrogen and oxygen atoms in total. The molecule has 1 heterocycles. The van der Waals surface area contributed by atoms with Crippen molar-refractivity contribution >= 4 is 17.7 Å². The summed E-state index contributed by atoms with van der Waals surface area (Å²) in [5.74, 6) is 0.0595. The highest BCUT2D eigenvalue weighted by atomic mass is 16.6. The van der Waals surface area contributed by atoms with Gasteiger partial charge in [0.15, 0.2) is 0 Å². The van der Waals surface area contributed by atoms with E-state index in [1.54, 1.807) is 23.1 Å². The molecule has 0 bridgehead atoms. The van der Waals surface area contributed by atoms with Gasteiger partial charge in [-0.3, -0.25) is 14.9 Å². The van der Waals surface area contributed by atoms with Crippen LogP contribution in [0, 0.1) is 16.0 Å². The Morgan fingerprint density at radius 2 is 2.21 bits per heavy atom. The van der Waals surface area contributed by atoms with Crippen LogP contribution < -0.4 is 0 Å². The summed E-state index contributed by atoms with van der Waals surface area (Å²) in [6.07, 6.45) is 7.68. The van der Waals surface area contributed by atoms with Crippen LogP contribution in [0.4, 0.5) is 5.69 Å². The monoisotopic (exact) mass is 330 g/mol. The van der Waals surface area contributed by atoms with E-state index in [9.17, 15) is 20.0 Å². The Bertz CT molecular complexity index is 673. The van der Waals surface area contributed by atoms with E-state index in [4.69, 9.17) is 0 Å². The number of nitro benzene ring substituents is 1. The van der Waals surface area contributed by atoms with Crippen molar-refractivity contribution < 1.29 is 14.8 Å². The Morgan fingerprint density at radius 1 is 1.38 bits per heavy atom. The zero-order valence-electron chi connectivity index (χ0n) is 13.6. The van der Waals surface area contributed by atoms with Gasteiger partial charge in [0.25, 0.3) is 5.69 Å². The van der Waals surface area contributed by atoms with Crippen molar-refractivity contribution in [3.05, 3.63) is 46.0 Å². The fourth-order valence-electron chi connectivity index (χ4n) is 3.79. The van der Waals surface area contributed by atoms with Gasteiger partial charge in [0.2, 0.25) is 5.91 Å². The van der Waals surface area contributed by atoms with E-state index < -0.39 is 10.5 Å². The Hall–Kier alpha value is -2.21. The number of fused-ring (bicyclic) bond motifs is 1. The van der Waals surface area contributed by atoms with Gasteiger partial charge in [-0.25, -0.2) is 0 Å². The van der Waals surface area contributed by atoms with Gasteiger partial charge in [0.1, 0.15) is 0 Å². The zero-order valence-corrected chi connectivity index (χ0v) is 13.6. The summed E-state index contributed by atoms with van der Waals surface area (Å²) in [6.45, 7) is 1.15. The van der Waals surface area contributed by atoms with E-state index in [1.807, 2.05) is 0 Å². The van der Waals surface area contributed by atoms with E-state index in [1.165, 1.54) is 18.2 Å². The Kier molecular flexibility index (Phi) is 4.66. The van der Waals surface area contributed by atoms with E-state index in [2.05, 4.69) is 0 Å². The van der Waals surface area contributed by atoms with Gasteiger partial charge >= 0.3 is 0 Å². The lowest BCUT2D eigenvalue weighted by atomic mass is 9.71. The first kappa shape index (κ1) is 16.6. The smallest absolute Gasteiger partial charge is 0.270 e. The predicted octanol–water partition coefficient (Wildman–Crippen LogP) is 2.76. The molecule has 2 aliphatic rings. The number of carbonyl (C=O) groups excluding carboxylic acids is 1. The lowest BCUT2D eigenvalue weighted by Crippen LogP contribution is -2.54. The Labute approximate surface area is 140 Å². The lowest BCUT2D eigenvalue weighted by molar-refractivity contribution is -0.384. The molecule has 0 spiro atoms. The van der Waals surface area contributed by atoms with Crippen LogP contribution in [-0.4, -0.2) is 39.5 Å². The molecule has 128 valence electrons. The van der Waals surface area contributed by atoms with Crippen LogP contribution in [0.3, 0.4) is 0 Å². The summed E-state index contributed by atoms with van der Waals surface area (Å²) in [5, 5.41) is 21.4. The Balaban J connectivity index is 1.65. The van der Waals surface area contributed by atoms with Crippen molar-refractivity contribution in [1.29, 1.82) is 0 Å². The normalized spacial score (nSPS) is 27.0. The van der Waals surface area contributed by atoms with Crippen molar-refractivity contribution in [2.75, 3.05) is 13.1 Å². The van der Waals surface area contributed by atoms with Gasteiger partial charge < -0.3 is 10.0 Å². The number of hydrogen-bond acceptors (Lipinski definition) is 4. The minimum Gasteiger partial charge on any atom is -0.389 e. The third-order valence-corrected chi connectivity index (χ3v) is 5.24. The highest BCUT2D eigenvalue weighted by Crippen LogP contribution is 2.39. The molecule has 1 saturated carbocycles. The fraction of sp³-hybridized carbons (Fsp3) is 0.500. The molecule has 3 rings (SSSR count). The van der Waals surface area contributed by atoms with Gasteiger partial charge in [0, 0.05) is 37.2 Å². The third-order valence-electron chi connectivity index (χ3n) is 5.24. The third kappa shape index (κ3) is 3.48. The molecule has 6 heteroatoms. The largest absolute Gasteiger partial charge is 0.389 e. The molecule has 1 N–H and O–H groups in total.